The lowest BCUT2D eigenvalue weighted by molar-refractivity contribution is 0.0707. The Hall–Kier alpha value is -1.50. The Labute approximate surface area is 106 Å². The maximum atomic E-state index is 12.2. The fourth-order valence-corrected chi connectivity index (χ4v) is 3.89. The zero-order valence-electron chi connectivity index (χ0n) is 10.1. The third kappa shape index (κ3) is 2.66. The van der Waals surface area contributed by atoms with E-state index in [1.54, 1.807) is 4.90 Å². The first-order valence-corrected chi connectivity index (χ1v) is 7.62. The summed E-state index contributed by atoms with van der Waals surface area (Å²) in [5, 5.41) is 0. The van der Waals surface area contributed by atoms with Crippen molar-refractivity contribution in [1.82, 2.24) is 14.9 Å². The molecule has 0 aliphatic carbocycles. The lowest BCUT2D eigenvalue weighted by Gasteiger charge is -2.26. The van der Waals surface area contributed by atoms with Gasteiger partial charge in [0.2, 0.25) is 0 Å². The fourth-order valence-electron chi connectivity index (χ4n) is 2.16. The highest BCUT2D eigenvalue weighted by Crippen LogP contribution is 2.19. The van der Waals surface area contributed by atoms with E-state index in [0.29, 0.717) is 18.5 Å². The maximum absolute atomic E-state index is 12.2. The van der Waals surface area contributed by atoms with Crippen molar-refractivity contribution in [3.05, 3.63) is 24.3 Å². The van der Waals surface area contributed by atoms with Gasteiger partial charge in [0.15, 0.2) is 9.84 Å². The van der Waals surface area contributed by atoms with Gasteiger partial charge in [-0.3, -0.25) is 4.79 Å². The lowest BCUT2D eigenvalue weighted by Crippen LogP contribution is -2.41. The van der Waals surface area contributed by atoms with Crippen molar-refractivity contribution < 1.29 is 13.2 Å². The van der Waals surface area contributed by atoms with Gasteiger partial charge in [0, 0.05) is 25.0 Å². The number of carbonyl (C=O) groups is 1. The highest BCUT2D eigenvalue weighted by atomic mass is 32.2. The second-order valence-electron chi connectivity index (χ2n) is 4.28. The molecule has 1 unspecified atom stereocenters. The van der Waals surface area contributed by atoms with E-state index in [1.165, 1.54) is 18.7 Å². The van der Waals surface area contributed by atoms with Crippen LogP contribution in [0.2, 0.25) is 0 Å². The van der Waals surface area contributed by atoms with Gasteiger partial charge in [0.1, 0.15) is 6.33 Å². The molecule has 1 aromatic heterocycles. The molecule has 1 aliphatic rings. The van der Waals surface area contributed by atoms with Gasteiger partial charge in [0.25, 0.3) is 5.91 Å². The lowest BCUT2D eigenvalue weighted by atomic mass is 10.2. The molecule has 98 valence electrons. The number of sulfone groups is 1. The quantitative estimate of drug-likeness (QED) is 0.779. The van der Waals surface area contributed by atoms with Crippen LogP contribution in [0.5, 0.6) is 0 Å². The number of aromatic nitrogens is 2. The Balaban J connectivity index is 2.17. The first kappa shape index (κ1) is 12.9. The third-order valence-corrected chi connectivity index (χ3v) is 4.81. The van der Waals surface area contributed by atoms with Crippen molar-refractivity contribution in [2.24, 2.45) is 0 Å². The van der Waals surface area contributed by atoms with Crippen LogP contribution in [-0.2, 0) is 9.84 Å². The average molecular weight is 269 g/mol. The van der Waals surface area contributed by atoms with Crippen molar-refractivity contribution in [3.8, 4) is 0 Å². The van der Waals surface area contributed by atoms with E-state index in [1.807, 2.05) is 6.92 Å². The predicted molar refractivity (Wildman–Crippen MR) is 65.8 cm³/mol. The van der Waals surface area contributed by atoms with E-state index >= 15 is 0 Å². The molecule has 6 nitrogen and oxygen atoms in total. The molecular weight excluding hydrogens is 254 g/mol. The Morgan fingerprint density at radius 3 is 2.61 bits per heavy atom. The zero-order valence-corrected chi connectivity index (χ0v) is 10.9. The normalized spacial score (nSPS) is 21.7. The standard InChI is InChI=1S/C11H15N3O3S/c1-2-14(10-3-4-18(16,17)7-10)11(15)9-5-12-8-13-6-9/h5-6,8,10H,2-4,7H2,1H3. The summed E-state index contributed by atoms with van der Waals surface area (Å²) in [6, 6.07) is -0.229. The molecule has 0 bridgehead atoms. The Morgan fingerprint density at radius 1 is 1.44 bits per heavy atom. The third-order valence-electron chi connectivity index (χ3n) is 3.06. The largest absolute Gasteiger partial charge is 0.335 e. The van der Waals surface area contributed by atoms with Crippen molar-refractivity contribution in [1.29, 1.82) is 0 Å². The number of amides is 1. The smallest absolute Gasteiger partial charge is 0.257 e. The summed E-state index contributed by atoms with van der Waals surface area (Å²) in [5.74, 6) is 0.00714. The number of hydrogen-bond donors (Lipinski definition) is 0. The molecule has 1 aliphatic heterocycles. The summed E-state index contributed by atoms with van der Waals surface area (Å²) in [6.07, 6.45) is 4.76. The summed E-state index contributed by atoms with van der Waals surface area (Å²) in [7, 11) is -2.99. The van der Waals surface area contributed by atoms with Crippen LogP contribution in [0.4, 0.5) is 0 Å². The van der Waals surface area contributed by atoms with Crippen LogP contribution in [0.25, 0.3) is 0 Å². The molecule has 18 heavy (non-hydrogen) atoms. The molecule has 2 heterocycles. The minimum absolute atomic E-state index is 0.0558. The molecule has 1 aromatic rings. The van der Waals surface area contributed by atoms with Crippen molar-refractivity contribution in [2.75, 3.05) is 18.1 Å². The molecule has 1 saturated heterocycles. The van der Waals surface area contributed by atoms with Crippen LogP contribution in [0.15, 0.2) is 18.7 Å². The molecule has 1 atom stereocenters. The predicted octanol–water partition coefficient (Wildman–Crippen LogP) is 0.126. The van der Waals surface area contributed by atoms with Crippen LogP contribution in [0.3, 0.4) is 0 Å². The van der Waals surface area contributed by atoms with Crippen molar-refractivity contribution in [2.45, 2.75) is 19.4 Å². The molecule has 7 heteroatoms. The molecule has 1 amide bonds. The van der Waals surface area contributed by atoms with Crippen LogP contribution < -0.4 is 0 Å². The minimum Gasteiger partial charge on any atom is -0.335 e. The molecule has 1 fully saturated rings. The molecule has 0 saturated carbocycles. The second-order valence-corrected chi connectivity index (χ2v) is 6.50. The molecule has 0 N–H and O–H groups in total. The Morgan fingerprint density at radius 2 is 2.11 bits per heavy atom. The summed E-state index contributed by atoms with van der Waals surface area (Å²) in [5.41, 5.74) is 0.392. The molecule has 0 radical (unpaired) electrons. The second kappa shape index (κ2) is 5.01. The summed E-state index contributed by atoms with van der Waals surface area (Å²) >= 11 is 0. The molecule has 0 spiro atoms. The van der Waals surface area contributed by atoms with Crippen LogP contribution >= 0.6 is 0 Å². The number of rotatable bonds is 3. The molecule has 2 rings (SSSR count). The molecular formula is C11H15N3O3S. The van der Waals surface area contributed by atoms with E-state index in [4.69, 9.17) is 0 Å². The topological polar surface area (TPSA) is 80.2 Å². The van der Waals surface area contributed by atoms with Crippen LogP contribution in [0, 0.1) is 0 Å². The van der Waals surface area contributed by atoms with E-state index in [2.05, 4.69) is 9.97 Å². The minimum atomic E-state index is -2.99. The first-order valence-electron chi connectivity index (χ1n) is 5.80. The van der Waals surface area contributed by atoms with Crippen molar-refractivity contribution >= 4 is 15.7 Å². The summed E-state index contributed by atoms with van der Waals surface area (Å²) in [6.45, 7) is 2.32. The summed E-state index contributed by atoms with van der Waals surface area (Å²) < 4.78 is 22.9. The van der Waals surface area contributed by atoms with Gasteiger partial charge in [-0.25, -0.2) is 18.4 Å². The highest BCUT2D eigenvalue weighted by molar-refractivity contribution is 7.91. The monoisotopic (exact) mass is 269 g/mol. The van der Waals surface area contributed by atoms with E-state index < -0.39 is 9.84 Å². The van der Waals surface area contributed by atoms with Crippen LogP contribution in [0.1, 0.15) is 23.7 Å². The highest BCUT2D eigenvalue weighted by Gasteiger charge is 2.34. The average Bonchev–Trinajstić information content (AvgIpc) is 2.71. The van der Waals surface area contributed by atoms with Gasteiger partial charge in [0.05, 0.1) is 17.1 Å². The van der Waals surface area contributed by atoms with E-state index in [0.717, 1.165) is 0 Å². The zero-order chi connectivity index (χ0) is 13.2. The van der Waals surface area contributed by atoms with Gasteiger partial charge >= 0.3 is 0 Å². The SMILES string of the molecule is CCN(C(=O)c1cncnc1)C1CCS(=O)(=O)C1. The Bertz CT molecular complexity index is 530. The van der Waals surface area contributed by atoms with Gasteiger partial charge in [-0.1, -0.05) is 0 Å². The number of nitrogens with zero attached hydrogens (tertiary/aromatic N) is 3. The first-order chi connectivity index (χ1) is 8.53. The van der Waals surface area contributed by atoms with Gasteiger partial charge in [-0.05, 0) is 13.3 Å². The van der Waals surface area contributed by atoms with E-state index in [9.17, 15) is 13.2 Å². The van der Waals surface area contributed by atoms with Crippen LogP contribution in [-0.4, -0.2) is 53.3 Å². The fraction of sp³-hybridized carbons (Fsp3) is 0.545. The van der Waals surface area contributed by atoms with Gasteiger partial charge in [-0.15, -0.1) is 0 Å². The molecule has 0 aromatic carbocycles. The number of hydrogen-bond acceptors (Lipinski definition) is 5. The summed E-state index contributed by atoms with van der Waals surface area (Å²) in [4.78, 5) is 21.4. The van der Waals surface area contributed by atoms with Gasteiger partial charge in [-0.2, -0.15) is 0 Å². The van der Waals surface area contributed by atoms with Crippen molar-refractivity contribution in [3.63, 3.8) is 0 Å². The number of carbonyl (C=O) groups excluding carboxylic acids is 1. The van der Waals surface area contributed by atoms with E-state index in [-0.39, 0.29) is 23.5 Å². The van der Waals surface area contributed by atoms with Gasteiger partial charge < -0.3 is 4.90 Å². The maximum Gasteiger partial charge on any atom is 0.257 e. The Kier molecular flexibility index (Phi) is 3.60.